The maximum absolute atomic E-state index is 12.1. The van der Waals surface area contributed by atoms with E-state index in [2.05, 4.69) is 15.0 Å². The van der Waals surface area contributed by atoms with Crippen LogP contribution >= 0.6 is 22.9 Å². The van der Waals surface area contributed by atoms with E-state index in [9.17, 15) is 4.79 Å². The van der Waals surface area contributed by atoms with E-state index in [1.54, 1.807) is 32.2 Å². The summed E-state index contributed by atoms with van der Waals surface area (Å²) in [6.07, 6.45) is 1.57. The Balaban J connectivity index is 2.14. The minimum absolute atomic E-state index is 0.236. The predicted octanol–water partition coefficient (Wildman–Crippen LogP) is 4.33. The topological polar surface area (TPSA) is 74.2 Å². The molecule has 0 aliphatic heterocycles. The van der Waals surface area contributed by atoms with Crippen LogP contribution in [0.4, 0.5) is 0 Å². The quantitative estimate of drug-likeness (QED) is 0.507. The summed E-state index contributed by atoms with van der Waals surface area (Å²) in [6, 6.07) is 3.42. The van der Waals surface area contributed by atoms with Crippen LogP contribution in [0.25, 0.3) is 10.2 Å². The van der Waals surface area contributed by atoms with E-state index >= 15 is 0 Å². The molecule has 24 heavy (non-hydrogen) atoms. The molecule has 0 fully saturated rings. The van der Waals surface area contributed by atoms with E-state index in [-0.39, 0.29) is 11.1 Å². The first-order valence-electron chi connectivity index (χ1n) is 7.24. The van der Waals surface area contributed by atoms with Crippen LogP contribution in [0.1, 0.15) is 28.0 Å². The smallest absolute Gasteiger partial charge is 0.348 e. The molecule has 3 heterocycles. The highest BCUT2D eigenvalue weighted by Crippen LogP contribution is 2.38. The second-order valence-electron chi connectivity index (χ2n) is 4.93. The number of ether oxygens (including phenoxy) is 2. The summed E-state index contributed by atoms with van der Waals surface area (Å²) in [4.78, 5) is 26.0. The van der Waals surface area contributed by atoms with Gasteiger partial charge in [-0.05, 0) is 38.5 Å². The van der Waals surface area contributed by atoms with Crippen molar-refractivity contribution in [1.29, 1.82) is 0 Å². The van der Waals surface area contributed by atoms with Gasteiger partial charge in [0.2, 0.25) is 5.88 Å². The van der Waals surface area contributed by atoms with Crippen LogP contribution in [0, 0.1) is 13.8 Å². The first-order valence-corrected chi connectivity index (χ1v) is 8.44. The molecule has 0 radical (unpaired) electrons. The van der Waals surface area contributed by atoms with Crippen LogP contribution in [-0.2, 0) is 4.74 Å². The molecule has 3 aromatic rings. The molecule has 3 aromatic heterocycles. The Morgan fingerprint density at radius 3 is 2.83 bits per heavy atom. The van der Waals surface area contributed by atoms with Crippen LogP contribution < -0.4 is 4.74 Å². The lowest BCUT2D eigenvalue weighted by atomic mass is 10.2. The molecule has 0 atom stereocenters. The standard InChI is InChI=1S/C16H14ClN3O3S/c1-4-22-16(21)12-8(2)11-14(19-9(3)20-15(11)24-12)23-10-6-5-7-18-13(10)17/h5-7H,4H2,1-3H3. The number of aryl methyl sites for hydroxylation is 2. The van der Waals surface area contributed by atoms with Gasteiger partial charge in [-0.25, -0.2) is 14.8 Å². The number of rotatable bonds is 4. The second kappa shape index (κ2) is 6.70. The zero-order valence-corrected chi connectivity index (χ0v) is 14.9. The predicted molar refractivity (Wildman–Crippen MR) is 92.2 cm³/mol. The Hall–Kier alpha value is -2.25. The van der Waals surface area contributed by atoms with Crippen molar-refractivity contribution in [1.82, 2.24) is 15.0 Å². The average molecular weight is 364 g/mol. The number of pyridine rings is 1. The summed E-state index contributed by atoms with van der Waals surface area (Å²) in [5.41, 5.74) is 0.725. The normalized spacial score (nSPS) is 10.8. The summed E-state index contributed by atoms with van der Waals surface area (Å²) >= 11 is 7.31. The largest absolute Gasteiger partial charge is 0.462 e. The van der Waals surface area contributed by atoms with Gasteiger partial charge in [-0.2, -0.15) is 4.98 Å². The summed E-state index contributed by atoms with van der Waals surface area (Å²) in [6.45, 7) is 5.66. The van der Waals surface area contributed by atoms with Crippen LogP contribution in [0.2, 0.25) is 5.15 Å². The minimum Gasteiger partial charge on any atom is -0.462 e. The van der Waals surface area contributed by atoms with E-state index in [0.717, 1.165) is 5.56 Å². The number of hydrogen-bond acceptors (Lipinski definition) is 7. The first-order chi connectivity index (χ1) is 11.5. The van der Waals surface area contributed by atoms with Gasteiger partial charge in [0.25, 0.3) is 0 Å². The molecule has 0 saturated carbocycles. The van der Waals surface area contributed by atoms with E-state index in [1.807, 2.05) is 6.92 Å². The van der Waals surface area contributed by atoms with Crippen LogP contribution in [0.15, 0.2) is 18.3 Å². The van der Waals surface area contributed by atoms with Gasteiger partial charge in [0.15, 0.2) is 10.9 Å². The molecule has 0 amide bonds. The lowest BCUT2D eigenvalue weighted by Gasteiger charge is -2.08. The van der Waals surface area contributed by atoms with E-state index in [1.165, 1.54) is 11.3 Å². The highest BCUT2D eigenvalue weighted by Gasteiger charge is 2.22. The van der Waals surface area contributed by atoms with Gasteiger partial charge < -0.3 is 9.47 Å². The molecular weight excluding hydrogens is 350 g/mol. The number of carbonyl (C=O) groups is 1. The number of aromatic nitrogens is 3. The summed E-state index contributed by atoms with van der Waals surface area (Å²) in [7, 11) is 0. The fourth-order valence-electron chi connectivity index (χ4n) is 2.22. The summed E-state index contributed by atoms with van der Waals surface area (Å²) < 4.78 is 10.9. The highest BCUT2D eigenvalue weighted by atomic mass is 35.5. The average Bonchev–Trinajstić information content (AvgIpc) is 2.86. The Bertz CT molecular complexity index is 926. The maximum Gasteiger partial charge on any atom is 0.348 e. The van der Waals surface area contributed by atoms with Crippen molar-refractivity contribution < 1.29 is 14.3 Å². The van der Waals surface area contributed by atoms with Crippen molar-refractivity contribution in [2.45, 2.75) is 20.8 Å². The molecule has 0 saturated heterocycles. The Labute approximate surface area is 147 Å². The molecule has 0 bridgehead atoms. The number of carbonyl (C=O) groups excluding carboxylic acids is 1. The third-order valence-electron chi connectivity index (χ3n) is 3.26. The van der Waals surface area contributed by atoms with Crippen molar-refractivity contribution in [3.8, 4) is 11.6 Å². The zero-order chi connectivity index (χ0) is 17.3. The molecule has 0 aliphatic rings. The van der Waals surface area contributed by atoms with E-state index < -0.39 is 0 Å². The van der Waals surface area contributed by atoms with Gasteiger partial charge in [0.1, 0.15) is 15.5 Å². The molecule has 0 spiro atoms. The lowest BCUT2D eigenvalue weighted by Crippen LogP contribution is -2.03. The summed E-state index contributed by atoms with van der Waals surface area (Å²) in [5.74, 6) is 0.897. The SMILES string of the molecule is CCOC(=O)c1sc2nc(C)nc(Oc3cccnc3Cl)c2c1C. The summed E-state index contributed by atoms with van der Waals surface area (Å²) in [5, 5.41) is 0.911. The van der Waals surface area contributed by atoms with Crippen LogP contribution in [-0.4, -0.2) is 27.5 Å². The zero-order valence-electron chi connectivity index (χ0n) is 13.3. The third-order valence-corrected chi connectivity index (χ3v) is 4.71. The van der Waals surface area contributed by atoms with Crippen LogP contribution in [0.3, 0.4) is 0 Å². The van der Waals surface area contributed by atoms with Gasteiger partial charge in [-0.3, -0.25) is 0 Å². The molecule has 0 aromatic carbocycles. The molecular formula is C16H14ClN3O3S. The molecule has 6 nitrogen and oxygen atoms in total. The van der Waals surface area contributed by atoms with Crippen LogP contribution in [0.5, 0.6) is 11.6 Å². The minimum atomic E-state index is -0.374. The monoisotopic (exact) mass is 363 g/mol. The molecule has 124 valence electrons. The lowest BCUT2D eigenvalue weighted by molar-refractivity contribution is 0.0531. The van der Waals surface area contributed by atoms with Crippen molar-refractivity contribution in [2.75, 3.05) is 6.61 Å². The van der Waals surface area contributed by atoms with Crippen molar-refractivity contribution in [2.24, 2.45) is 0 Å². The Morgan fingerprint density at radius 2 is 2.12 bits per heavy atom. The molecule has 3 rings (SSSR count). The molecule has 0 N–H and O–H groups in total. The Kier molecular flexibility index (Phi) is 4.64. The second-order valence-corrected chi connectivity index (χ2v) is 6.28. The highest BCUT2D eigenvalue weighted by molar-refractivity contribution is 7.20. The fourth-order valence-corrected chi connectivity index (χ4v) is 3.49. The van der Waals surface area contributed by atoms with Gasteiger partial charge in [-0.1, -0.05) is 11.6 Å². The number of nitrogens with zero attached hydrogens (tertiary/aromatic N) is 3. The molecule has 0 aliphatic carbocycles. The van der Waals surface area contributed by atoms with Crippen molar-refractivity contribution in [3.63, 3.8) is 0 Å². The number of halogens is 1. The molecule has 8 heteroatoms. The number of esters is 1. The third kappa shape index (κ3) is 3.05. The number of hydrogen-bond donors (Lipinski definition) is 0. The van der Waals surface area contributed by atoms with Crippen molar-refractivity contribution >= 4 is 39.1 Å². The van der Waals surface area contributed by atoms with Gasteiger partial charge in [-0.15, -0.1) is 11.3 Å². The van der Waals surface area contributed by atoms with E-state index in [4.69, 9.17) is 21.1 Å². The number of thiophene rings is 1. The Morgan fingerprint density at radius 1 is 1.33 bits per heavy atom. The van der Waals surface area contributed by atoms with Gasteiger partial charge >= 0.3 is 5.97 Å². The maximum atomic E-state index is 12.1. The van der Waals surface area contributed by atoms with Gasteiger partial charge in [0, 0.05) is 6.20 Å². The number of fused-ring (bicyclic) bond motifs is 1. The van der Waals surface area contributed by atoms with Gasteiger partial charge in [0.05, 0.1) is 12.0 Å². The first kappa shape index (κ1) is 16.6. The fraction of sp³-hybridized carbons (Fsp3) is 0.250. The van der Waals surface area contributed by atoms with Crippen molar-refractivity contribution in [3.05, 3.63) is 39.7 Å². The van der Waals surface area contributed by atoms with E-state index in [0.29, 0.717) is 39.2 Å². The molecule has 0 unspecified atom stereocenters.